The number of halogens is 2. The molecule has 0 saturated heterocycles. The average molecular weight is 422 g/mol. The molecular weight excluding hydrogens is 397 g/mol. The van der Waals surface area contributed by atoms with E-state index >= 15 is 0 Å². The summed E-state index contributed by atoms with van der Waals surface area (Å²) in [6.07, 6.45) is 3.78. The summed E-state index contributed by atoms with van der Waals surface area (Å²) in [6.45, 7) is 4.01. The highest BCUT2D eigenvalue weighted by molar-refractivity contribution is 6.36. The van der Waals surface area contributed by atoms with Crippen LogP contribution < -0.4 is 10.1 Å². The molecule has 0 aromatic heterocycles. The van der Waals surface area contributed by atoms with E-state index in [1.165, 1.54) is 0 Å². The number of benzene rings is 2. The summed E-state index contributed by atoms with van der Waals surface area (Å²) in [4.78, 5) is 11.9. The molecule has 3 rings (SSSR count). The molecule has 4 nitrogen and oxygen atoms in total. The van der Waals surface area contributed by atoms with Crippen LogP contribution in [0.4, 0.5) is 0 Å². The molecule has 0 heterocycles. The summed E-state index contributed by atoms with van der Waals surface area (Å²) in [5.41, 5.74) is 2.69. The second-order valence-corrected chi connectivity index (χ2v) is 8.39. The molecule has 0 radical (unpaired) electrons. The van der Waals surface area contributed by atoms with Gasteiger partial charge >= 0.3 is 0 Å². The molecule has 1 aliphatic carbocycles. The van der Waals surface area contributed by atoms with Gasteiger partial charge in [-0.25, -0.2) is 0 Å². The number of hydrogen-bond donors (Lipinski definition) is 2. The third-order valence-corrected chi connectivity index (χ3v) is 5.72. The van der Waals surface area contributed by atoms with Crippen LogP contribution in [0.15, 0.2) is 30.3 Å². The van der Waals surface area contributed by atoms with E-state index < -0.39 is 0 Å². The number of carbonyl (C=O) groups is 1. The van der Waals surface area contributed by atoms with Crippen molar-refractivity contribution in [2.45, 2.75) is 51.5 Å². The van der Waals surface area contributed by atoms with E-state index in [4.69, 9.17) is 27.9 Å². The highest BCUT2D eigenvalue weighted by atomic mass is 35.5. The molecule has 2 aromatic carbocycles. The van der Waals surface area contributed by atoms with Crippen LogP contribution in [0.5, 0.6) is 11.5 Å². The van der Waals surface area contributed by atoms with E-state index in [0.29, 0.717) is 28.0 Å². The van der Waals surface area contributed by atoms with E-state index in [1.54, 1.807) is 18.2 Å². The summed E-state index contributed by atoms with van der Waals surface area (Å²) >= 11 is 12.9. The molecule has 0 atom stereocenters. The maximum atomic E-state index is 11.9. The summed E-state index contributed by atoms with van der Waals surface area (Å²) < 4.78 is 5.56. The summed E-state index contributed by atoms with van der Waals surface area (Å²) in [7, 11) is 0. The number of phenolic OH excluding ortho intramolecular Hbond substituents is 1. The van der Waals surface area contributed by atoms with Crippen LogP contribution in [0, 0.1) is 0 Å². The second kappa shape index (κ2) is 9.06. The predicted octanol–water partition coefficient (Wildman–Crippen LogP) is 5.46. The fourth-order valence-electron chi connectivity index (χ4n) is 3.18. The highest BCUT2D eigenvalue weighted by Gasteiger charge is 2.19. The molecule has 6 heteroatoms. The van der Waals surface area contributed by atoms with Gasteiger partial charge in [0.1, 0.15) is 11.5 Å². The van der Waals surface area contributed by atoms with E-state index in [1.807, 2.05) is 26.0 Å². The lowest BCUT2D eigenvalue weighted by molar-refractivity contribution is -0.124. The third-order valence-electron chi connectivity index (χ3n) is 5.05. The van der Waals surface area contributed by atoms with E-state index in [-0.39, 0.29) is 24.5 Å². The Morgan fingerprint density at radius 3 is 2.46 bits per heavy atom. The Morgan fingerprint density at radius 2 is 1.89 bits per heavy atom. The zero-order valence-corrected chi connectivity index (χ0v) is 17.6. The minimum atomic E-state index is -0.133. The van der Waals surface area contributed by atoms with Crippen molar-refractivity contribution >= 4 is 29.1 Å². The minimum Gasteiger partial charge on any atom is -0.508 e. The number of rotatable bonds is 7. The molecule has 0 unspecified atom stereocenters. The first-order valence-electron chi connectivity index (χ1n) is 9.55. The molecule has 0 bridgehead atoms. The quantitative estimate of drug-likeness (QED) is 0.623. The van der Waals surface area contributed by atoms with Crippen LogP contribution in [-0.4, -0.2) is 23.7 Å². The van der Waals surface area contributed by atoms with Crippen LogP contribution in [0.3, 0.4) is 0 Å². The first-order chi connectivity index (χ1) is 13.3. The summed E-state index contributed by atoms with van der Waals surface area (Å²) in [5, 5.41) is 13.9. The fourth-order valence-corrected chi connectivity index (χ4v) is 3.78. The van der Waals surface area contributed by atoms with Gasteiger partial charge in [-0.15, -0.1) is 0 Å². The molecule has 1 amide bonds. The van der Waals surface area contributed by atoms with Gasteiger partial charge in [-0.3, -0.25) is 4.79 Å². The smallest absolute Gasteiger partial charge is 0.258 e. The van der Waals surface area contributed by atoms with Gasteiger partial charge in [0.25, 0.3) is 5.91 Å². The van der Waals surface area contributed by atoms with E-state index in [2.05, 4.69) is 5.32 Å². The van der Waals surface area contributed by atoms with Crippen LogP contribution in [0.2, 0.25) is 10.0 Å². The standard InChI is InChI=1S/C22H25Cl2NO3/c1-13(2)17-8-14(6-7-21(17)26)9-18-19(23)10-16(11-20(18)24)28-12-22(27)25-15-4-3-5-15/h6-8,10-11,13,15,26H,3-5,9,12H2,1-2H3,(H,25,27). The number of amides is 1. The van der Waals surface area contributed by atoms with Gasteiger partial charge in [-0.1, -0.05) is 49.2 Å². The number of hydrogen-bond acceptors (Lipinski definition) is 3. The van der Waals surface area contributed by atoms with Crippen molar-refractivity contribution in [2.24, 2.45) is 0 Å². The first-order valence-corrected chi connectivity index (χ1v) is 10.3. The van der Waals surface area contributed by atoms with Gasteiger partial charge < -0.3 is 15.2 Å². The Hall–Kier alpha value is -1.91. The number of aromatic hydroxyl groups is 1. The number of carbonyl (C=O) groups excluding carboxylic acids is 1. The molecule has 2 N–H and O–H groups in total. The van der Waals surface area contributed by atoms with Gasteiger partial charge in [0.2, 0.25) is 0 Å². The molecule has 2 aromatic rings. The van der Waals surface area contributed by atoms with Crippen molar-refractivity contribution in [2.75, 3.05) is 6.61 Å². The third kappa shape index (κ3) is 5.12. The lowest BCUT2D eigenvalue weighted by Gasteiger charge is -2.26. The Kier molecular flexibility index (Phi) is 6.73. The number of phenols is 1. The van der Waals surface area contributed by atoms with E-state index in [0.717, 1.165) is 36.0 Å². The topological polar surface area (TPSA) is 58.6 Å². The largest absolute Gasteiger partial charge is 0.508 e. The zero-order valence-electron chi connectivity index (χ0n) is 16.1. The normalized spacial score (nSPS) is 14.0. The molecule has 1 aliphatic rings. The number of ether oxygens (including phenoxy) is 1. The lowest BCUT2D eigenvalue weighted by Crippen LogP contribution is -2.41. The van der Waals surface area contributed by atoms with Crippen LogP contribution >= 0.6 is 23.2 Å². The first kappa shape index (κ1) is 20.8. The van der Waals surface area contributed by atoms with Gasteiger partial charge in [-0.2, -0.15) is 0 Å². The van der Waals surface area contributed by atoms with Crippen molar-refractivity contribution in [1.29, 1.82) is 0 Å². The summed E-state index contributed by atoms with van der Waals surface area (Å²) in [6, 6.07) is 9.19. The van der Waals surface area contributed by atoms with Crippen LogP contribution in [-0.2, 0) is 11.2 Å². The van der Waals surface area contributed by atoms with Crippen molar-refractivity contribution in [3.8, 4) is 11.5 Å². The van der Waals surface area contributed by atoms with Crippen LogP contribution in [0.25, 0.3) is 0 Å². The van der Waals surface area contributed by atoms with Gasteiger partial charge in [0.05, 0.1) is 0 Å². The van der Waals surface area contributed by atoms with Crippen molar-refractivity contribution in [3.63, 3.8) is 0 Å². The Morgan fingerprint density at radius 1 is 1.21 bits per heavy atom. The van der Waals surface area contributed by atoms with Crippen molar-refractivity contribution in [3.05, 3.63) is 57.1 Å². The van der Waals surface area contributed by atoms with Crippen LogP contribution in [0.1, 0.15) is 55.7 Å². The minimum absolute atomic E-state index is 0.0573. The Balaban J connectivity index is 1.68. The molecule has 1 fully saturated rings. The zero-order chi connectivity index (χ0) is 20.3. The molecular formula is C22H25Cl2NO3. The molecule has 0 spiro atoms. The highest BCUT2D eigenvalue weighted by Crippen LogP contribution is 2.34. The molecule has 1 saturated carbocycles. The molecule has 28 heavy (non-hydrogen) atoms. The maximum Gasteiger partial charge on any atom is 0.258 e. The Bertz CT molecular complexity index is 840. The monoisotopic (exact) mass is 421 g/mol. The van der Waals surface area contributed by atoms with Gasteiger partial charge in [0.15, 0.2) is 6.61 Å². The number of nitrogens with one attached hydrogen (secondary N) is 1. The summed E-state index contributed by atoms with van der Waals surface area (Å²) in [5.74, 6) is 0.843. The predicted molar refractivity (Wildman–Crippen MR) is 113 cm³/mol. The molecule has 150 valence electrons. The SMILES string of the molecule is CC(C)c1cc(Cc2c(Cl)cc(OCC(=O)NC3CCC3)cc2Cl)ccc1O. The van der Waals surface area contributed by atoms with Crippen molar-refractivity contribution in [1.82, 2.24) is 5.32 Å². The fraction of sp³-hybridized carbons (Fsp3) is 0.409. The molecule has 0 aliphatic heterocycles. The average Bonchev–Trinajstić information content (AvgIpc) is 2.60. The van der Waals surface area contributed by atoms with Gasteiger partial charge in [0, 0.05) is 22.5 Å². The lowest BCUT2D eigenvalue weighted by atomic mass is 9.93. The van der Waals surface area contributed by atoms with E-state index in [9.17, 15) is 9.90 Å². The second-order valence-electron chi connectivity index (χ2n) is 7.57. The Labute approximate surface area is 175 Å². The maximum absolute atomic E-state index is 11.9. The van der Waals surface area contributed by atoms with Crippen molar-refractivity contribution < 1.29 is 14.6 Å². The van der Waals surface area contributed by atoms with Gasteiger partial charge in [-0.05, 0) is 60.1 Å².